The fourth-order valence-electron chi connectivity index (χ4n) is 1.65. The Balaban J connectivity index is 2.73. The van der Waals surface area contributed by atoms with Gasteiger partial charge in [0.1, 0.15) is 0 Å². The van der Waals surface area contributed by atoms with Gasteiger partial charge in [0, 0.05) is 19.6 Å². The van der Waals surface area contributed by atoms with Gasteiger partial charge >= 0.3 is 0 Å². The van der Waals surface area contributed by atoms with E-state index in [-0.39, 0.29) is 6.61 Å². The molecule has 0 bridgehead atoms. The molecule has 108 valence electrons. The Morgan fingerprint density at radius 3 is 2.16 bits per heavy atom. The van der Waals surface area contributed by atoms with Crippen LogP contribution in [0.1, 0.15) is 18.9 Å². The summed E-state index contributed by atoms with van der Waals surface area (Å²) in [6, 6.07) is 3.47. The Labute approximate surface area is 114 Å². The van der Waals surface area contributed by atoms with Crippen molar-refractivity contribution in [2.75, 3.05) is 34.0 Å². The summed E-state index contributed by atoms with van der Waals surface area (Å²) in [5.41, 5.74) is 0.718. The number of methoxy groups -OCH3 is 2. The van der Waals surface area contributed by atoms with E-state index in [0.717, 1.165) is 12.0 Å². The Bertz CT molecular complexity index is 353. The van der Waals surface area contributed by atoms with Gasteiger partial charge in [0.25, 0.3) is 0 Å². The first kappa shape index (κ1) is 15.6. The molecular weight excluding hydrogens is 248 g/mol. The molecule has 0 heterocycles. The van der Waals surface area contributed by atoms with Gasteiger partial charge in [-0.05, 0) is 24.6 Å². The molecule has 0 aliphatic heterocycles. The summed E-state index contributed by atoms with van der Waals surface area (Å²) in [6.45, 7) is 3.77. The maximum absolute atomic E-state index is 9.17. The van der Waals surface area contributed by atoms with Gasteiger partial charge in [-0.25, -0.2) is 0 Å². The Hall–Kier alpha value is -1.46. The molecule has 5 nitrogen and oxygen atoms in total. The van der Waals surface area contributed by atoms with Gasteiger partial charge in [0.05, 0.1) is 27.4 Å². The standard InChI is InChI=1S/C14H22O5/c1-4-18-6-5-7-19-14-12(16-2)8-11(10-15)9-13(14)17-3/h8-9,15H,4-7,10H2,1-3H3. The van der Waals surface area contributed by atoms with Gasteiger partial charge in [-0.3, -0.25) is 0 Å². The highest BCUT2D eigenvalue weighted by Crippen LogP contribution is 2.38. The summed E-state index contributed by atoms with van der Waals surface area (Å²) in [4.78, 5) is 0. The van der Waals surface area contributed by atoms with Crippen molar-refractivity contribution in [2.45, 2.75) is 20.0 Å². The summed E-state index contributed by atoms with van der Waals surface area (Å²) < 4.78 is 21.5. The number of aliphatic hydroxyl groups is 1. The Morgan fingerprint density at radius 1 is 1.05 bits per heavy atom. The predicted octanol–water partition coefficient (Wildman–Crippen LogP) is 2.00. The third-order valence-corrected chi connectivity index (χ3v) is 2.59. The number of hydrogen-bond acceptors (Lipinski definition) is 5. The molecule has 0 fully saturated rings. The highest BCUT2D eigenvalue weighted by atomic mass is 16.5. The summed E-state index contributed by atoms with van der Waals surface area (Å²) >= 11 is 0. The van der Waals surface area contributed by atoms with Gasteiger partial charge in [-0.15, -0.1) is 0 Å². The van der Waals surface area contributed by atoms with Gasteiger partial charge in [-0.2, -0.15) is 0 Å². The third-order valence-electron chi connectivity index (χ3n) is 2.59. The van der Waals surface area contributed by atoms with Crippen LogP contribution >= 0.6 is 0 Å². The molecule has 0 saturated heterocycles. The molecule has 0 aromatic heterocycles. The molecule has 0 aliphatic rings. The number of rotatable bonds is 9. The van der Waals surface area contributed by atoms with E-state index in [2.05, 4.69) is 0 Å². The smallest absolute Gasteiger partial charge is 0.203 e. The SMILES string of the molecule is CCOCCCOc1c(OC)cc(CO)cc1OC. The lowest BCUT2D eigenvalue weighted by Crippen LogP contribution is -2.05. The first-order chi connectivity index (χ1) is 9.26. The van der Waals surface area contributed by atoms with E-state index >= 15 is 0 Å². The van der Waals surface area contributed by atoms with Crippen LogP contribution in [0.5, 0.6) is 17.2 Å². The second-order valence-corrected chi connectivity index (χ2v) is 3.89. The van der Waals surface area contributed by atoms with Gasteiger partial charge in [0.2, 0.25) is 5.75 Å². The van der Waals surface area contributed by atoms with E-state index < -0.39 is 0 Å². The van der Waals surface area contributed by atoms with Crippen LogP contribution in [0.15, 0.2) is 12.1 Å². The molecule has 0 amide bonds. The lowest BCUT2D eigenvalue weighted by atomic mass is 10.2. The van der Waals surface area contributed by atoms with Crippen LogP contribution in [0, 0.1) is 0 Å². The van der Waals surface area contributed by atoms with Gasteiger partial charge in [-0.1, -0.05) is 0 Å². The zero-order valence-corrected chi connectivity index (χ0v) is 11.8. The normalized spacial score (nSPS) is 10.3. The minimum absolute atomic E-state index is 0.0721. The summed E-state index contributed by atoms with van der Waals surface area (Å²) in [5, 5.41) is 9.17. The van der Waals surface area contributed by atoms with Crippen molar-refractivity contribution in [3.8, 4) is 17.2 Å². The molecule has 1 N–H and O–H groups in total. The van der Waals surface area contributed by atoms with Crippen LogP contribution in [-0.4, -0.2) is 39.1 Å². The highest BCUT2D eigenvalue weighted by molar-refractivity contribution is 5.53. The van der Waals surface area contributed by atoms with Crippen LogP contribution in [0.2, 0.25) is 0 Å². The van der Waals surface area contributed by atoms with E-state index in [9.17, 15) is 5.11 Å². The van der Waals surface area contributed by atoms with Crippen molar-refractivity contribution in [1.82, 2.24) is 0 Å². The van der Waals surface area contributed by atoms with E-state index in [1.807, 2.05) is 6.92 Å². The number of benzene rings is 1. The Kier molecular flexibility index (Phi) is 7.07. The van der Waals surface area contributed by atoms with Crippen LogP contribution in [-0.2, 0) is 11.3 Å². The van der Waals surface area contributed by atoms with Crippen LogP contribution in [0.4, 0.5) is 0 Å². The first-order valence-corrected chi connectivity index (χ1v) is 6.33. The molecule has 0 unspecified atom stereocenters. The third kappa shape index (κ3) is 4.61. The van der Waals surface area contributed by atoms with E-state index in [1.54, 1.807) is 26.4 Å². The molecule has 5 heteroatoms. The van der Waals surface area contributed by atoms with E-state index in [1.165, 1.54) is 0 Å². The highest BCUT2D eigenvalue weighted by Gasteiger charge is 2.13. The van der Waals surface area contributed by atoms with Gasteiger partial charge in [0.15, 0.2) is 11.5 Å². The van der Waals surface area contributed by atoms with E-state index in [4.69, 9.17) is 18.9 Å². The minimum Gasteiger partial charge on any atom is -0.493 e. The second-order valence-electron chi connectivity index (χ2n) is 3.89. The number of hydrogen-bond donors (Lipinski definition) is 1. The molecule has 1 aromatic carbocycles. The fraction of sp³-hybridized carbons (Fsp3) is 0.571. The van der Waals surface area contributed by atoms with Crippen molar-refractivity contribution in [3.05, 3.63) is 17.7 Å². The molecular formula is C14H22O5. The Morgan fingerprint density at radius 2 is 1.68 bits per heavy atom. The van der Waals surface area contributed by atoms with Crippen LogP contribution in [0.25, 0.3) is 0 Å². The monoisotopic (exact) mass is 270 g/mol. The maximum Gasteiger partial charge on any atom is 0.203 e. The molecule has 1 aromatic rings. The number of ether oxygens (including phenoxy) is 4. The van der Waals surface area contributed by atoms with Crippen LogP contribution < -0.4 is 14.2 Å². The van der Waals surface area contributed by atoms with Crippen molar-refractivity contribution in [1.29, 1.82) is 0 Å². The quantitative estimate of drug-likeness (QED) is 0.696. The topological polar surface area (TPSA) is 57.2 Å². The molecule has 0 aliphatic carbocycles. The molecule has 0 radical (unpaired) electrons. The van der Waals surface area contributed by atoms with Crippen LogP contribution in [0.3, 0.4) is 0 Å². The predicted molar refractivity (Wildman–Crippen MR) is 72.1 cm³/mol. The molecule has 0 saturated carbocycles. The fourth-order valence-corrected chi connectivity index (χ4v) is 1.65. The maximum atomic E-state index is 9.17. The summed E-state index contributed by atoms with van der Waals surface area (Å²) in [6.07, 6.45) is 0.794. The average Bonchev–Trinajstić information content (AvgIpc) is 2.46. The first-order valence-electron chi connectivity index (χ1n) is 6.33. The summed E-state index contributed by atoms with van der Waals surface area (Å²) in [7, 11) is 3.12. The molecule has 1 rings (SSSR count). The average molecular weight is 270 g/mol. The van der Waals surface area contributed by atoms with E-state index in [0.29, 0.717) is 37.1 Å². The summed E-state index contributed by atoms with van der Waals surface area (Å²) in [5.74, 6) is 1.67. The molecule has 19 heavy (non-hydrogen) atoms. The van der Waals surface area contributed by atoms with Crippen molar-refractivity contribution in [3.63, 3.8) is 0 Å². The zero-order chi connectivity index (χ0) is 14.1. The second kappa shape index (κ2) is 8.61. The lowest BCUT2D eigenvalue weighted by molar-refractivity contribution is 0.129. The molecule has 0 spiro atoms. The zero-order valence-electron chi connectivity index (χ0n) is 11.8. The molecule has 0 atom stereocenters. The van der Waals surface area contributed by atoms with Crippen molar-refractivity contribution in [2.24, 2.45) is 0 Å². The minimum atomic E-state index is -0.0721. The number of aliphatic hydroxyl groups excluding tert-OH is 1. The lowest BCUT2D eigenvalue weighted by Gasteiger charge is -2.15. The van der Waals surface area contributed by atoms with Gasteiger partial charge < -0.3 is 24.1 Å². The van der Waals surface area contributed by atoms with Crippen molar-refractivity contribution >= 4 is 0 Å². The van der Waals surface area contributed by atoms with Crippen molar-refractivity contribution < 1.29 is 24.1 Å². The largest absolute Gasteiger partial charge is 0.493 e.